The molecule has 0 aliphatic heterocycles. The van der Waals surface area contributed by atoms with Gasteiger partial charge in [0.1, 0.15) is 5.65 Å². The van der Waals surface area contributed by atoms with E-state index in [2.05, 4.69) is 20.3 Å². The van der Waals surface area contributed by atoms with Gasteiger partial charge in [0.15, 0.2) is 0 Å². The number of aromatic amines is 1. The van der Waals surface area contributed by atoms with E-state index in [4.69, 9.17) is 9.47 Å². The molecule has 0 saturated heterocycles. The summed E-state index contributed by atoms with van der Waals surface area (Å²) >= 11 is 1.51. The highest BCUT2D eigenvalue weighted by molar-refractivity contribution is 7.13. The molecule has 1 saturated carbocycles. The minimum atomic E-state index is -0.0542. The molecule has 1 fully saturated rings. The number of aromatic nitrogens is 3. The Balaban J connectivity index is 1.44. The second kappa shape index (κ2) is 8.81. The van der Waals surface area contributed by atoms with Gasteiger partial charge in [0.25, 0.3) is 5.91 Å². The summed E-state index contributed by atoms with van der Waals surface area (Å²) in [4.78, 5) is 25.8. The molecular weight excluding hydrogens is 376 g/mol. The molecule has 3 aromatic heterocycles. The van der Waals surface area contributed by atoms with Crippen LogP contribution in [0.2, 0.25) is 0 Å². The number of carbonyl (C=O) groups is 1. The predicted molar refractivity (Wildman–Crippen MR) is 109 cm³/mol. The molecule has 4 rings (SSSR count). The zero-order valence-corrected chi connectivity index (χ0v) is 16.6. The Bertz CT molecular complexity index is 917. The molecule has 8 heteroatoms. The summed E-state index contributed by atoms with van der Waals surface area (Å²) in [6.07, 6.45) is 7.60. The molecular formula is C20H24N4O3S. The van der Waals surface area contributed by atoms with Gasteiger partial charge in [-0.1, -0.05) is 0 Å². The number of pyridine rings is 1. The van der Waals surface area contributed by atoms with Gasteiger partial charge in [-0.3, -0.25) is 9.78 Å². The maximum atomic E-state index is 13.0. The van der Waals surface area contributed by atoms with Crippen molar-refractivity contribution in [2.75, 3.05) is 20.3 Å². The molecule has 28 heavy (non-hydrogen) atoms. The fraction of sp³-hybridized carbons (Fsp3) is 0.450. The maximum Gasteiger partial charge on any atom is 0.252 e. The highest BCUT2D eigenvalue weighted by atomic mass is 32.1. The van der Waals surface area contributed by atoms with Crippen LogP contribution in [0, 0.1) is 0 Å². The lowest BCUT2D eigenvalue weighted by molar-refractivity contribution is -0.00408. The van der Waals surface area contributed by atoms with E-state index in [1.54, 1.807) is 18.8 Å². The molecule has 0 spiro atoms. The van der Waals surface area contributed by atoms with Crippen LogP contribution in [0.25, 0.3) is 21.6 Å². The Morgan fingerprint density at radius 2 is 2.18 bits per heavy atom. The Morgan fingerprint density at radius 1 is 1.32 bits per heavy atom. The van der Waals surface area contributed by atoms with Crippen LogP contribution in [0.4, 0.5) is 0 Å². The van der Waals surface area contributed by atoms with Crippen molar-refractivity contribution in [1.29, 1.82) is 0 Å². The number of nitrogens with one attached hydrogen (secondary N) is 2. The van der Waals surface area contributed by atoms with Crippen LogP contribution in [0.1, 0.15) is 36.0 Å². The number of fused-ring (bicyclic) bond motifs is 1. The zero-order valence-electron chi connectivity index (χ0n) is 15.8. The lowest BCUT2D eigenvalue weighted by atomic mass is 9.92. The van der Waals surface area contributed by atoms with Gasteiger partial charge in [-0.2, -0.15) is 0 Å². The predicted octanol–water partition coefficient (Wildman–Crippen LogP) is 3.39. The topological polar surface area (TPSA) is 89.1 Å². The molecule has 148 valence electrons. The van der Waals surface area contributed by atoms with E-state index in [-0.39, 0.29) is 18.1 Å². The third-order valence-electron chi connectivity index (χ3n) is 5.11. The average Bonchev–Trinajstić information content (AvgIpc) is 3.40. The second-order valence-electron chi connectivity index (χ2n) is 6.97. The first-order valence-corrected chi connectivity index (χ1v) is 10.4. The van der Waals surface area contributed by atoms with Crippen molar-refractivity contribution >= 4 is 28.3 Å². The van der Waals surface area contributed by atoms with Crippen LogP contribution in [-0.4, -0.2) is 53.3 Å². The van der Waals surface area contributed by atoms with Crippen LogP contribution in [0.3, 0.4) is 0 Å². The maximum absolute atomic E-state index is 13.0. The summed E-state index contributed by atoms with van der Waals surface area (Å²) in [6.45, 7) is 1.24. The quantitative estimate of drug-likeness (QED) is 0.594. The van der Waals surface area contributed by atoms with Crippen molar-refractivity contribution in [3.8, 4) is 10.6 Å². The largest absolute Gasteiger partial charge is 0.382 e. The molecule has 7 nitrogen and oxygen atoms in total. The van der Waals surface area contributed by atoms with Crippen LogP contribution in [-0.2, 0) is 9.47 Å². The van der Waals surface area contributed by atoms with Crippen molar-refractivity contribution in [2.24, 2.45) is 0 Å². The lowest BCUT2D eigenvalue weighted by Crippen LogP contribution is -2.39. The van der Waals surface area contributed by atoms with Crippen LogP contribution in [0.5, 0.6) is 0 Å². The minimum absolute atomic E-state index is 0.0542. The first-order valence-electron chi connectivity index (χ1n) is 9.53. The molecule has 1 amide bonds. The Labute approximate surface area is 167 Å². The molecule has 0 bridgehead atoms. The van der Waals surface area contributed by atoms with E-state index in [9.17, 15) is 4.79 Å². The first kappa shape index (κ1) is 19.0. The molecule has 1 aliphatic rings. The van der Waals surface area contributed by atoms with Crippen LogP contribution in [0.15, 0.2) is 30.0 Å². The van der Waals surface area contributed by atoms with Gasteiger partial charge in [-0.05, 0) is 37.8 Å². The van der Waals surface area contributed by atoms with Crippen molar-refractivity contribution in [2.45, 2.75) is 37.8 Å². The van der Waals surface area contributed by atoms with Crippen LogP contribution < -0.4 is 5.32 Å². The van der Waals surface area contributed by atoms with Gasteiger partial charge >= 0.3 is 0 Å². The summed E-state index contributed by atoms with van der Waals surface area (Å²) in [5, 5.41) is 4.04. The van der Waals surface area contributed by atoms with Gasteiger partial charge < -0.3 is 19.8 Å². The van der Waals surface area contributed by atoms with Crippen molar-refractivity contribution < 1.29 is 14.3 Å². The molecule has 2 N–H and O–H groups in total. The number of hydrogen-bond donors (Lipinski definition) is 2. The molecule has 0 unspecified atom stereocenters. The van der Waals surface area contributed by atoms with E-state index in [1.807, 2.05) is 18.3 Å². The molecule has 0 atom stereocenters. The normalized spacial score (nSPS) is 19.8. The number of amides is 1. The third kappa shape index (κ3) is 4.24. The number of ether oxygens (including phenoxy) is 2. The molecule has 0 aromatic carbocycles. The fourth-order valence-corrected chi connectivity index (χ4v) is 4.21. The van der Waals surface area contributed by atoms with Crippen LogP contribution >= 0.6 is 11.3 Å². The van der Waals surface area contributed by atoms with Gasteiger partial charge in [0, 0.05) is 30.9 Å². The Kier molecular flexibility index (Phi) is 5.99. The molecule has 3 aromatic rings. The van der Waals surface area contributed by atoms with Crippen molar-refractivity contribution in [3.63, 3.8) is 0 Å². The average molecular weight is 401 g/mol. The number of carbonyl (C=O) groups excluding carboxylic acids is 1. The lowest BCUT2D eigenvalue weighted by Gasteiger charge is -2.29. The summed E-state index contributed by atoms with van der Waals surface area (Å²) in [5.74, 6) is -0.0542. The summed E-state index contributed by atoms with van der Waals surface area (Å²) in [6, 6.07) is 3.93. The number of nitrogens with zero attached hydrogens (tertiary/aromatic N) is 2. The third-order valence-corrected chi connectivity index (χ3v) is 5.90. The molecule has 1 aliphatic carbocycles. The molecule has 3 heterocycles. The SMILES string of the molecule is COCCO[C@H]1CC[C@H](NC(=O)c2cc(-c3cncs3)nc3[nH]ccc23)CC1. The highest BCUT2D eigenvalue weighted by Crippen LogP contribution is 2.27. The van der Waals surface area contributed by atoms with E-state index in [1.165, 1.54) is 11.3 Å². The van der Waals surface area contributed by atoms with E-state index < -0.39 is 0 Å². The monoisotopic (exact) mass is 400 g/mol. The highest BCUT2D eigenvalue weighted by Gasteiger charge is 2.24. The zero-order chi connectivity index (χ0) is 19.3. The van der Waals surface area contributed by atoms with E-state index >= 15 is 0 Å². The Morgan fingerprint density at radius 3 is 2.93 bits per heavy atom. The van der Waals surface area contributed by atoms with Gasteiger partial charge in [-0.25, -0.2) is 4.98 Å². The number of H-pyrrole nitrogens is 1. The summed E-state index contributed by atoms with van der Waals surface area (Å²) in [5.41, 5.74) is 3.89. The van der Waals surface area contributed by atoms with Gasteiger partial charge in [0.2, 0.25) is 0 Å². The number of rotatable bonds is 7. The number of thiazole rings is 1. The second-order valence-corrected chi connectivity index (χ2v) is 7.86. The van der Waals surface area contributed by atoms with Gasteiger partial charge in [-0.15, -0.1) is 11.3 Å². The number of methoxy groups -OCH3 is 1. The standard InChI is InChI=1S/C20H24N4O3S/c1-26-8-9-27-14-4-2-13(3-5-14)23-20(25)16-10-17(18-11-21-12-28-18)24-19-15(16)6-7-22-19/h6-7,10-14H,2-5,8-9H2,1H3,(H,22,24)(H,23,25)/t13-,14-. The first-order chi connectivity index (χ1) is 13.7. The Hall–Kier alpha value is -2.29. The summed E-state index contributed by atoms with van der Waals surface area (Å²) in [7, 11) is 1.68. The van der Waals surface area contributed by atoms with E-state index in [0.717, 1.165) is 41.6 Å². The van der Waals surface area contributed by atoms with E-state index in [0.29, 0.717) is 24.4 Å². The molecule has 0 radical (unpaired) electrons. The van der Waals surface area contributed by atoms with Crippen molar-refractivity contribution in [3.05, 3.63) is 35.6 Å². The minimum Gasteiger partial charge on any atom is -0.382 e. The smallest absolute Gasteiger partial charge is 0.252 e. The van der Waals surface area contributed by atoms with Crippen molar-refractivity contribution in [1.82, 2.24) is 20.3 Å². The number of hydrogen-bond acceptors (Lipinski definition) is 6. The fourth-order valence-electron chi connectivity index (χ4n) is 3.63. The summed E-state index contributed by atoms with van der Waals surface area (Å²) < 4.78 is 10.8. The van der Waals surface area contributed by atoms with Gasteiger partial charge in [0.05, 0.1) is 41.0 Å².